The Balaban J connectivity index is 1.69. The van der Waals surface area contributed by atoms with Gasteiger partial charge in [0.1, 0.15) is 0 Å². The van der Waals surface area contributed by atoms with Gasteiger partial charge in [0, 0.05) is 11.8 Å². The van der Waals surface area contributed by atoms with Crippen LogP contribution in [0.4, 0.5) is 5.69 Å². The summed E-state index contributed by atoms with van der Waals surface area (Å²) < 4.78 is 0. The fraction of sp³-hybridized carbons (Fsp3) is 0.0714. The van der Waals surface area contributed by atoms with E-state index in [1.807, 2.05) is 30.3 Å². The second kappa shape index (κ2) is 5.30. The first-order chi connectivity index (χ1) is 9.42. The van der Waals surface area contributed by atoms with E-state index in [1.54, 1.807) is 24.9 Å². The van der Waals surface area contributed by atoms with Crippen molar-refractivity contribution in [2.75, 3.05) is 5.32 Å². The summed E-state index contributed by atoms with van der Waals surface area (Å²) in [5.74, 6) is 0.729. The van der Waals surface area contributed by atoms with E-state index in [0.29, 0.717) is 6.54 Å². The van der Waals surface area contributed by atoms with Gasteiger partial charge in [-0.2, -0.15) is 0 Å². The molecule has 0 atom stereocenters. The normalized spacial score (nSPS) is 10.3. The molecular weight excluding hydrogens is 238 g/mol. The van der Waals surface area contributed by atoms with Gasteiger partial charge in [-0.25, -0.2) is 15.0 Å². The third kappa shape index (κ3) is 2.77. The van der Waals surface area contributed by atoms with Crippen LogP contribution in [-0.2, 0) is 6.54 Å². The monoisotopic (exact) mass is 251 g/mol. The first-order valence-corrected chi connectivity index (χ1v) is 6.00. The number of rotatable bonds is 4. The second-order valence-corrected chi connectivity index (χ2v) is 4.09. The van der Waals surface area contributed by atoms with Crippen molar-refractivity contribution in [3.8, 4) is 11.4 Å². The van der Waals surface area contributed by atoms with E-state index in [2.05, 4.69) is 25.3 Å². The molecule has 3 rings (SSSR count). The molecule has 2 N–H and O–H groups in total. The average Bonchev–Trinajstić information content (AvgIpc) is 3.00. The van der Waals surface area contributed by atoms with Crippen molar-refractivity contribution >= 4 is 5.69 Å². The van der Waals surface area contributed by atoms with Gasteiger partial charge in [-0.15, -0.1) is 0 Å². The molecule has 2 heterocycles. The topological polar surface area (TPSA) is 66.5 Å². The molecule has 5 nitrogen and oxygen atoms in total. The number of nitrogens with zero attached hydrogens (tertiary/aromatic N) is 3. The molecule has 0 saturated heterocycles. The maximum Gasteiger partial charge on any atom is 0.159 e. The molecule has 2 aromatic heterocycles. The number of hydrogen-bond acceptors (Lipinski definition) is 4. The van der Waals surface area contributed by atoms with Crippen molar-refractivity contribution < 1.29 is 0 Å². The lowest BCUT2D eigenvalue weighted by Gasteiger charge is -2.05. The van der Waals surface area contributed by atoms with Gasteiger partial charge >= 0.3 is 0 Å². The van der Waals surface area contributed by atoms with Crippen molar-refractivity contribution in [2.45, 2.75) is 6.54 Å². The maximum atomic E-state index is 4.35. The van der Waals surface area contributed by atoms with Crippen LogP contribution in [0.2, 0.25) is 0 Å². The fourth-order valence-corrected chi connectivity index (χ4v) is 1.73. The zero-order chi connectivity index (χ0) is 12.9. The summed E-state index contributed by atoms with van der Waals surface area (Å²) in [6.45, 7) is 0.675. The van der Waals surface area contributed by atoms with E-state index in [-0.39, 0.29) is 0 Å². The van der Waals surface area contributed by atoms with Gasteiger partial charge < -0.3 is 10.3 Å². The first kappa shape index (κ1) is 11.4. The molecular formula is C14H13N5. The highest BCUT2D eigenvalue weighted by Crippen LogP contribution is 2.14. The lowest BCUT2D eigenvalue weighted by Crippen LogP contribution is -2.01. The largest absolute Gasteiger partial charge is 0.377 e. The maximum absolute atomic E-state index is 4.35. The van der Waals surface area contributed by atoms with Crippen LogP contribution in [0, 0.1) is 0 Å². The van der Waals surface area contributed by atoms with Crippen LogP contribution in [0.3, 0.4) is 0 Å². The molecule has 0 spiro atoms. The van der Waals surface area contributed by atoms with Crippen molar-refractivity contribution in [3.05, 3.63) is 60.9 Å². The van der Waals surface area contributed by atoms with E-state index < -0.39 is 0 Å². The number of imidazole rings is 1. The Kier molecular flexibility index (Phi) is 3.18. The molecule has 0 unspecified atom stereocenters. The van der Waals surface area contributed by atoms with Crippen LogP contribution in [0.5, 0.6) is 0 Å². The SMILES string of the molecule is c1ccc(-c2ncc(NCc3cnc[nH]3)cn2)cc1. The Morgan fingerprint density at radius 3 is 2.47 bits per heavy atom. The highest BCUT2D eigenvalue weighted by atomic mass is 15.0. The van der Waals surface area contributed by atoms with E-state index in [9.17, 15) is 0 Å². The number of benzene rings is 1. The smallest absolute Gasteiger partial charge is 0.159 e. The van der Waals surface area contributed by atoms with Crippen molar-refractivity contribution in [2.24, 2.45) is 0 Å². The van der Waals surface area contributed by atoms with Crippen LogP contribution in [0.25, 0.3) is 11.4 Å². The Labute approximate surface area is 110 Å². The van der Waals surface area contributed by atoms with Crippen LogP contribution in [-0.4, -0.2) is 19.9 Å². The molecule has 0 aliphatic carbocycles. The van der Waals surface area contributed by atoms with E-state index in [0.717, 1.165) is 22.8 Å². The summed E-state index contributed by atoms with van der Waals surface area (Å²) in [6, 6.07) is 9.91. The third-order valence-corrected chi connectivity index (χ3v) is 2.72. The van der Waals surface area contributed by atoms with Gasteiger partial charge in [0.05, 0.1) is 36.6 Å². The fourth-order valence-electron chi connectivity index (χ4n) is 1.73. The molecule has 3 aromatic rings. The minimum atomic E-state index is 0.675. The summed E-state index contributed by atoms with van der Waals surface area (Å²) in [4.78, 5) is 15.7. The van der Waals surface area contributed by atoms with Gasteiger partial charge in [0.15, 0.2) is 5.82 Å². The quantitative estimate of drug-likeness (QED) is 0.747. The summed E-state index contributed by atoms with van der Waals surface area (Å²) >= 11 is 0. The van der Waals surface area contributed by atoms with Gasteiger partial charge in [-0.3, -0.25) is 0 Å². The van der Waals surface area contributed by atoms with Gasteiger partial charge in [-0.05, 0) is 0 Å². The first-order valence-electron chi connectivity index (χ1n) is 6.00. The number of aromatic amines is 1. The number of aromatic nitrogens is 4. The van der Waals surface area contributed by atoms with E-state index in [1.165, 1.54) is 0 Å². The van der Waals surface area contributed by atoms with Crippen LogP contribution < -0.4 is 5.32 Å². The van der Waals surface area contributed by atoms with Gasteiger partial charge in [0.25, 0.3) is 0 Å². The Hall–Kier alpha value is -2.69. The van der Waals surface area contributed by atoms with E-state index >= 15 is 0 Å². The Morgan fingerprint density at radius 2 is 1.79 bits per heavy atom. The Morgan fingerprint density at radius 1 is 1.00 bits per heavy atom. The standard InChI is InChI=1S/C14H13N5/c1-2-4-11(5-3-1)14-17-8-13(9-18-14)16-7-12-6-15-10-19-12/h1-6,8-10,16H,7H2,(H,15,19). The van der Waals surface area contributed by atoms with Crippen molar-refractivity contribution in [1.82, 2.24) is 19.9 Å². The van der Waals surface area contributed by atoms with Gasteiger partial charge in [0.2, 0.25) is 0 Å². The van der Waals surface area contributed by atoms with Crippen LogP contribution >= 0.6 is 0 Å². The number of H-pyrrole nitrogens is 1. The van der Waals surface area contributed by atoms with Crippen LogP contribution in [0.15, 0.2) is 55.2 Å². The highest BCUT2D eigenvalue weighted by molar-refractivity contribution is 5.55. The molecule has 0 radical (unpaired) electrons. The lowest BCUT2D eigenvalue weighted by atomic mass is 10.2. The minimum Gasteiger partial charge on any atom is -0.377 e. The lowest BCUT2D eigenvalue weighted by molar-refractivity contribution is 1.06. The summed E-state index contributed by atoms with van der Waals surface area (Å²) in [6.07, 6.45) is 7.01. The molecule has 0 aliphatic rings. The number of hydrogen-bond donors (Lipinski definition) is 2. The second-order valence-electron chi connectivity index (χ2n) is 4.09. The summed E-state index contributed by atoms with van der Waals surface area (Å²) in [5, 5.41) is 3.23. The highest BCUT2D eigenvalue weighted by Gasteiger charge is 2.00. The molecule has 0 aliphatic heterocycles. The molecule has 0 saturated carbocycles. The predicted molar refractivity (Wildman–Crippen MR) is 73.4 cm³/mol. The summed E-state index contributed by atoms with van der Waals surface area (Å²) in [7, 11) is 0. The Bertz CT molecular complexity index is 617. The molecule has 0 amide bonds. The molecule has 5 heteroatoms. The molecule has 0 bridgehead atoms. The van der Waals surface area contributed by atoms with E-state index in [4.69, 9.17) is 0 Å². The zero-order valence-electron chi connectivity index (χ0n) is 10.2. The average molecular weight is 251 g/mol. The van der Waals surface area contributed by atoms with Crippen LogP contribution in [0.1, 0.15) is 5.69 Å². The number of nitrogens with one attached hydrogen (secondary N) is 2. The molecule has 1 aromatic carbocycles. The molecule has 94 valence electrons. The van der Waals surface area contributed by atoms with Crippen molar-refractivity contribution in [1.29, 1.82) is 0 Å². The molecule has 0 fully saturated rings. The minimum absolute atomic E-state index is 0.675. The zero-order valence-corrected chi connectivity index (χ0v) is 10.2. The number of anilines is 1. The van der Waals surface area contributed by atoms with Gasteiger partial charge in [-0.1, -0.05) is 30.3 Å². The third-order valence-electron chi connectivity index (χ3n) is 2.72. The predicted octanol–water partition coefficient (Wildman–Crippen LogP) is 2.48. The molecule has 19 heavy (non-hydrogen) atoms. The van der Waals surface area contributed by atoms with Crippen molar-refractivity contribution in [3.63, 3.8) is 0 Å². The summed E-state index contributed by atoms with van der Waals surface area (Å²) in [5.41, 5.74) is 2.92.